The summed E-state index contributed by atoms with van der Waals surface area (Å²) in [7, 11) is -5.07. The van der Waals surface area contributed by atoms with Gasteiger partial charge in [0.2, 0.25) is 0 Å². The second kappa shape index (κ2) is 53.4. The molecule has 6 unspecified atom stereocenters. The molecule has 0 spiro atoms. The largest absolute Gasteiger partial charge is 0.457 e. The number of esters is 1. The summed E-state index contributed by atoms with van der Waals surface area (Å²) in [5, 5.41) is 30.9. The Labute approximate surface area is 465 Å². The highest BCUT2D eigenvalue weighted by atomic mass is 32.3. The molecule has 0 amide bonds. The molecular weight excluding hydrogens is 981 g/mol. The van der Waals surface area contributed by atoms with Crippen molar-refractivity contribution in [2.75, 3.05) is 26.4 Å². The molecule has 6 atom stereocenters. The summed E-state index contributed by atoms with van der Waals surface area (Å²) in [6, 6.07) is 0. The van der Waals surface area contributed by atoms with Gasteiger partial charge in [0.15, 0.2) is 6.29 Å². The maximum Gasteiger partial charge on any atom is 0.397 e. The number of carbonyl (C=O) groups excluding carboxylic acids is 1. The molecule has 0 aromatic carbocycles. The normalized spacial score (nSPS) is 18.9. The number of aliphatic hydroxyl groups excluding tert-OH is 3. The van der Waals surface area contributed by atoms with Crippen LogP contribution in [0.25, 0.3) is 0 Å². The van der Waals surface area contributed by atoms with Crippen LogP contribution in [0.4, 0.5) is 0 Å². The fourth-order valence-corrected chi connectivity index (χ4v) is 10.0. The molecule has 0 radical (unpaired) electrons. The van der Waals surface area contributed by atoms with Gasteiger partial charge in [0.25, 0.3) is 0 Å². The van der Waals surface area contributed by atoms with E-state index in [4.69, 9.17) is 18.9 Å². The molecule has 1 saturated heterocycles. The SMILES string of the molecule is CC/C=C\C/C=C\C/C=C\C/C=C\C/C=C\CCCCCCCCCCOCC(COC1OC(CO)C(O)C(OS(=O)(=O)O)C1O)OC(=O)CCCCCCCCCCCCCCCCCCCCCCCCCCC. The minimum atomic E-state index is -5.07. The van der Waals surface area contributed by atoms with Crippen LogP contribution in [0.1, 0.15) is 271 Å². The van der Waals surface area contributed by atoms with Gasteiger partial charge in [0.1, 0.15) is 30.5 Å². The molecule has 0 bridgehead atoms. The predicted molar refractivity (Wildman–Crippen MR) is 313 cm³/mol. The predicted octanol–water partition coefficient (Wildman–Crippen LogP) is 16.0. The fraction of sp³-hybridized carbons (Fsp3) is 0.825. The molecule has 0 aliphatic carbocycles. The Kier molecular flexibility index (Phi) is 50.5. The van der Waals surface area contributed by atoms with Crippen LogP contribution in [0.3, 0.4) is 0 Å². The van der Waals surface area contributed by atoms with E-state index in [-0.39, 0.29) is 19.6 Å². The molecule has 12 nitrogen and oxygen atoms in total. The highest BCUT2D eigenvalue weighted by Crippen LogP contribution is 2.26. The fourth-order valence-electron chi connectivity index (χ4n) is 9.53. The van der Waals surface area contributed by atoms with Crippen molar-refractivity contribution in [3.63, 3.8) is 0 Å². The number of allylic oxidation sites excluding steroid dienone is 10. The van der Waals surface area contributed by atoms with Crippen molar-refractivity contribution in [2.24, 2.45) is 0 Å². The minimum Gasteiger partial charge on any atom is -0.457 e. The Balaban J connectivity index is 2.26. The van der Waals surface area contributed by atoms with Crippen molar-refractivity contribution < 1.29 is 56.2 Å². The Morgan fingerprint density at radius 2 is 0.908 bits per heavy atom. The summed E-state index contributed by atoms with van der Waals surface area (Å²) in [5.74, 6) is -0.398. The lowest BCUT2D eigenvalue weighted by molar-refractivity contribution is -0.301. The van der Waals surface area contributed by atoms with Crippen molar-refractivity contribution in [3.8, 4) is 0 Å². The molecule has 76 heavy (non-hydrogen) atoms. The average Bonchev–Trinajstić information content (AvgIpc) is 3.40. The summed E-state index contributed by atoms with van der Waals surface area (Å²) in [6.45, 7) is 3.91. The molecule has 0 aromatic rings. The minimum absolute atomic E-state index is 0.0307. The number of aliphatic hydroxyl groups is 3. The number of unbranched alkanes of at least 4 members (excludes halogenated alkanes) is 32. The van der Waals surface area contributed by atoms with E-state index in [1.807, 2.05) is 0 Å². The molecule has 1 aliphatic rings. The van der Waals surface area contributed by atoms with Crippen LogP contribution in [0, 0.1) is 0 Å². The van der Waals surface area contributed by atoms with Crippen LogP contribution in [0.15, 0.2) is 60.8 Å². The molecular formula is C63H114O12S. The molecule has 1 fully saturated rings. The van der Waals surface area contributed by atoms with Gasteiger partial charge in [-0.15, -0.1) is 0 Å². The van der Waals surface area contributed by atoms with E-state index in [9.17, 15) is 33.1 Å². The Bertz CT molecular complexity index is 1550. The van der Waals surface area contributed by atoms with Gasteiger partial charge in [-0.1, -0.05) is 267 Å². The van der Waals surface area contributed by atoms with Gasteiger partial charge in [-0.2, -0.15) is 8.42 Å². The maximum absolute atomic E-state index is 13.0. The third-order valence-electron chi connectivity index (χ3n) is 14.2. The summed E-state index contributed by atoms with van der Waals surface area (Å²) in [4.78, 5) is 13.0. The zero-order valence-corrected chi connectivity index (χ0v) is 49.1. The summed E-state index contributed by atoms with van der Waals surface area (Å²) < 4.78 is 59.5. The first-order valence-electron chi connectivity index (χ1n) is 31.0. The van der Waals surface area contributed by atoms with Crippen LogP contribution in [0.2, 0.25) is 0 Å². The summed E-state index contributed by atoms with van der Waals surface area (Å²) in [6.07, 6.45) is 61.2. The Morgan fingerprint density at radius 1 is 0.513 bits per heavy atom. The Hall–Kier alpha value is -2.20. The maximum atomic E-state index is 13.0. The van der Waals surface area contributed by atoms with Gasteiger partial charge in [0.05, 0.1) is 19.8 Å². The van der Waals surface area contributed by atoms with Crippen LogP contribution in [-0.2, 0) is 38.3 Å². The second-order valence-corrected chi connectivity index (χ2v) is 22.3. The first-order chi connectivity index (χ1) is 37.1. The van der Waals surface area contributed by atoms with Crippen LogP contribution in [-0.4, -0.2) is 97.5 Å². The van der Waals surface area contributed by atoms with Crippen molar-refractivity contribution in [3.05, 3.63) is 60.8 Å². The van der Waals surface area contributed by atoms with Crippen LogP contribution >= 0.6 is 0 Å². The zero-order valence-electron chi connectivity index (χ0n) is 48.3. The van der Waals surface area contributed by atoms with Gasteiger partial charge in [-0.3, -0.25) is 9.35 Å². The molecule has 4 N–H and O–H groups in total. The standard InChI is InChI=1S/C63H114O12S/c1-3-5-7-9-11-13-15-17-19-21-23-25-27-29-30-32-34-36-38-40-42-44-46-48-50-52-59(65)73-57(56-72-63-61(67)62(75-76(68,69)70)60(66)58(54-64)74-63)55-71-53-51-49-47-45-43-41-39-37-35-33-31-28-26-24-22-20-18-16-14-12-10-8-6-4-2/h6,8,12,14,18,20,24,26,31,33,57-58,60-64,66-67H,3-5,7,9-11,13,15-17,19,21-23,25,27-30,32,34-56H2,1-2H3,(H,68,69,70)/b8-6-,14-12-,20-18-,26-24-,33-31-. The molecule has 13 heteroatoms. The number of ether oxygens (including phenoxy) is 4. The van der Waals surface area contributed by atoms with Gasteiger partial charge in [-0.05, 0) is 57.8 Å². The highest BCUT2D eigenvalue weighted by molar-refractivity contribution is 7.80. The molecule has 1 aliphatic heterocycles. The van der Waals surface area contributed by atoms with Gasteiger partial charge in [-0.25, -0.2) is 4.18 Å². The molecule has 1 heterocycles. The highest BCUT2D eigenvalue weighted by Gasteiger charge is 2.48. The van der Waals surface area contributed by atoms with E-state index in [1.165, 1.54) is 167 Å². The lowest BCUT2D eigenvalue weighted by atomic mass is 9.99. The average molecular weight is 1100 g/mol. The van der Waals surface area contributed by atoms with Crippen molar-refractivity contribution >= 4 is 16.4 Å². The first-order valence-corrected chi connectivity index (χ1v) is 32.4. The van der Waals surface area contributed by atoms with E-state index in [2.05, 4.69) is 78.8 Å². The zero-order chi connectivity index (χ0) is 55.3. The molecule has 0 aromatic heterocycles. The number of hydrogen-bond donors (Lipinski definition) is 4. The molecule has 1 rings (SSSR count). The van der Waals surface area contributed by atoms with Crippen LogP contribution < -0.4 is 0 Å². The van der Waals surface area contributed by atoms with Crippen LogP contribution in [0.5, 0.6) is 0 Å². The van der Waals surface area contributed by atoms with E-state index in [0.717, 1.165) is 77.0 Å². The third-order valence-corrected chi connectivity index (χ3v) is 14.6. The van der Waals surface area contributed by atoms with Gasteiger partial charge < -0.3 is 34.3 Å². The van der Waals surface area contributed by atoms with Gasteiger partial charge >= 0.3 is 16.4 Å². The number of carbonyl (C=O) groups is 1. The second-order valence-electron chi connectivity index (χ2n) is 21.3. The summed E-state index contributed by atoms with van der Waals surface area (Å²) >= 11 is 0. The quantitative estimate of drug-likeness (QED) is 0.0196. The molecule has 444 valence electrons. The van der Waals surface area contributed by atoms with E-state index in [0.29, 0.717) is 13.0 Å². The van der Waals surface area contributed by atoms with Gasteiger partial charge in [0, 0.05) is 13.0 Å². The number of rotatable bonds is 55. The van der Waals surface area contributed by atoms with E-state index < -0.39 is 59.8 Å². The third kappa shape index (κ3) is 45.6. The van der Waals surface area contributed by atoms with E-state index in [1.54, 1.807) is 0 Å². The topological polar surface area (TPSA) is 178 Å². The van der Waals surface area contributed by atoms with Crippen molar-refractivity contribution in [2.45, 2.75) is 307 Å². The first kappa shape index (κ1) is 71.8. The summed E-state index contributed by atoms with van der Waals surface area (Å²) in [5.41, 5.74) is 0. The lowest BCUT2D eigenvalue weighted by Crippen LogP contribution is -2.60. The monoisotopic (exact) mass is 1090 g/mol. The Morgan fingerprint density at radius 3 is 1.33 bits per heavy atom. The molecule has 0 saturated carbocycles. The van der Waals surface area contributed by atoms with Crippen molar-refractivity contribution in [1.29, 1.82) is 0 Å². The smallest absolute Gasteiger partial charge is 0.397 e. The van der Waals surface area contributed by atoms with E-state index >= 15 is 0 Å². The lowest BCUT2D eigenvalue weighted by Gasteiger charge is -2.41. The number of hydrogen-bond acceptors (Lipinski definition) is 11. The van der Waals surface area contributed by atoms with Crippen molar-refractivity contribution in [1.82, 2.24) is 0 Å².